The Hall–Kier alpha value is -2.76. The predicted molar refractivity (Wildman–Crippen MR) is 117 cm³/mol. The molecule has 0 radical (unpaired) electrons. The van der Waals surface area contributed by atoms with Crippen LogP contribution in [0.15, 0.2) is 48.5 Å². The number of Topliss-reactive ketones (excluding diaryl/α,β-unsaturated/α-hetero) is 1. The van der Waals surface area contributed by atoms with Gasteiger partial charge in [0.1, 0.15) is 23.0 Å². The minimum atomic E-state index is -0.691. The third-order valence-corrected chi connectivity index (χ3v) is 6.52. The summed E-state index contributed by atoms with van der Waals surface area (Å²) in [6.45, 7) is 5.57. The number of likely N-dealkylation sites (tertiary alicyclic amines) is 1. The van der Waals surface area contributed by atoms with Gasteiger partial charge < -0.3 is 9.64 Å². The highest BCUT2D eigenvalue weighted by molar-refractivity contribution is 5.81. The summed E-state index contributed by atoms with van der Waals surface area (Å²) < 4.78 is 34.1. The van der Waals surface area contributed by atoms with Gasteiger partial charge in [-0.25, -0.2) is 13.6 Å². The molecule has 1 heterocycles. The summed E-state index contributed by atoms with van der Waals surface area (Å²) in [6.07, 6.45) is 1.31. The maximum atomic E-state index is 14.6. The van der Waals surface area contributed by atoms with Crippen LogP contribution in [0.3, 0.4) is 0 Å². The Morgan fingerprint density at radius 2 is 1.84 bits per heavy atom. The average Bonchev–Trinajstić information content (AvgIpc) is 3.37. The molecule has 2 aliphatic rings. The number of rotatable bonds is 6. The summed E-state index contributed by atoms with van der Waals surface area (Å²) in [5.41, 5.74) is 0.0189. The molecule has 0 bridgehead atoms. The zero-order chi connectivity index (χ0) is 23.1. The Balaban J connectivity index is 1.53. The van der Waals surface area contributed by atoms with E-state index < -0.39 is 28.7 Å². The number of ketones is 1. The smallest absolute Gasteiger partial charge is 0.410 e. The van der Waals surface area contributed by atoms with Crippen molar-refractivity contribution in [3.63, 3.8) is 0 Å². The van der Waals surface area contributed by atoms with Crippen LogP contribution in [0.1, 0.15) is 51.2 Å². The molecule has 0 spiro atoms. The third kappa shape index (κ3) is 4.54. The van der Waals surface area contributed by atoms with Gasteiger partial charge in [-0.1, -0.05) is 30.3 Å². The number of amides is 1. The molecule has 170 valence electrons. The van der Waals surface area contributed by atoms with Crippen LogP contribution in [-0.2, 0) is 21.4 Å². The number of piperidine rings is 1. The number of benzene rings is 2. The lowest BCUT2D eigenvalue weighted by Crippen LogP contribution is -2.43. The number of carbonyl (C=O) groups is 2. The Labute approximate surface area is 187 Å². The highest BCUT2D eigenvalue weighted by Gasteiger charge is 2.67. The minimum absolute atomic E-state index is 0.0508. The topological polar surface area (TPSA) is 46.6 Å². The lowest BCUT2D eigenvalue weighted by Gasteiger charge is -2.30. The number of carbonyl (C=O) groups excluding carboxylic acids is 2. The van der Waals surface area contributed by atoms with E-state index in [-0.39, 0.29) is 36.3 Å². The number of halogens is 2. The fourth-order valence-corrected chi connectivity index (χ4v) is 4.97. The van der Waals surface area contributed by atoms with Crippen LogP contribution < -0.4 is 0 Å². The molecule has 4 rings (SSSR count). The van der Waals surface area contributed by atoms with E-state index in [0.717, 1.165) is 17.7 Å². The van der Waals surface area contributed by atoms with E-state index in [1.165, 1.54) is 6.07 Å². The molecule has 1 amide bonds. The molecule has 0 aromatic heterocycles. The van der Waals surface area contributed by atoms with E-state index in [0.29, 0.717) is 19.3 Å². The van der Waals surface area contributed by atoms with Crippen molar-refractivity contribution >= 4 is 11.9 Å². The highest BCUT2D eigenvalue weighted by Crippen LogP contribution is 2.63. The lowest BCUT2D eigenvalue weighted by atomic mass is 9.92. The van der Waals surface area contributed by atoms with Crippen LogP contribution in [0.5, 0.6) is 0 Å². The number of hydrogen-bond donors (Lipinski definition) is 0. The van der Waals surface area contributed by atoms with Gasteiger partial charge in [0.15, 0.2) is 0 Å². The summed E-state index contributed by atoms with van der Waals surface area (Å²) in [5.74, 6) is -1.02. The molecular weight excluding hydrogens is 412 g/mol. The first-order chi connectivity index (χ1) is 15.1. The summed E-state index contributed by atoms with van der Waals surface area (Å²) in [4.78, 5) is 27.3. The molecule has 4 nitrogen and oxygen atoms in total. The second-order valence-electron chi connectivity index (χ2n) is 9.99. The van der Waals surface area contributed by atoms with Crippen molar-refractivity contribution < 1.29 is 23.1 Å². The maximum Gasteiger partial charge on any atom is 0.410 e. The first-order valence-corrected chi connectivity index (χ1v) is 11.1. The number of fused-ring (bicyclic) bond motifs is 1. The highest BCUT2D eigenvalue weighted by atomic mass is 19.1. The number of nitrogens with zero attached hydrogens (tertiary/aromatic N) is 1. The Kier molecular flexibility index (Phi) is 5.82. The standard InChI is InChI=1S/C26H29F2NO3/c1-25(2,3)32-24(31)29-16-26(20-13-18(27)10-12-22(20)28)15-21(26)23(29)14-19(30)11-9-17-7-5-4-6-8-17/h4-8,10,12-13,21,23H,9,11,14-16H2,1-3H3/t21-,23?,26+/m0/s1. The number of ether oxygens (including phenoxy) is 1. The van der Waals surface area contributed by atoms with Gasteiger partial charge in [0.05, 0.1) is 0 Å². The molecule has 32 heavy (non-hydrogen) atoms. The predicted octanol–water partition coefficient (Wildman–Crippen LogP) is 5.43. The van der Waals surface area contributed by atoms with Gasteiger partial charge in [0, 0.05) is 30.8 Å². The van der Waals surface area contributed by atoms with Gasteiger partial charge in [-0.05, 0) is 68.9 Å². The van der Waals surface area contributed by atoms with Gasteiger partial charge in [-0.3, -0.25) is 4.79 Å². The van der Waals surface area contributed by atoms with Crippen molar-refractivity contribution in [2.45, 2.75) is 63.5 Å². The van der Waals surface area contributed by atoms with E-state index in [1.54, 1.807) is 25.7 Å². The Morgan fingerprint density at radius 1 is 1.12 bits per heavy atom. The van der Waals surface area contributed by atoms with Crippen LogP contribution in [0.4, 0.5) is 13.6 Å². The first kappa shape index (κ1) is 22.4. The molecule has 1 unspecified atom stereocenters. The molecule has 0 N–H and O–H groups in total. The lowest BCUT2D eigenvalue weighted by molar-refractivity contribution is -0.120. The van der Waals surface area contributed by atoms with Gasteiger partial charge in [-0.15, -0.1) is 0 Å². The average molecular weight is 442 g/mol. The van der Waals surface area contributed by atoms with Crippen molar-refractivity contribution in [3.05, 3.63) is 71.3 Å². The van der Waals surface area contributed by atoms with Gasteiger partial charge in [0.25, 0.3) is 0 Å². The molecule has 2 aromatic carbocycles. The summed E-state index contributed by atoms with van der Waals surface area (Å²) in [7, 11) is 0. The van der Waals surface area contributed by atoms with Crippen LogP contribution in [0, 0.1) is 17.6 Å². The second-order valence-corrected chi connectivity index (χ2v) is 9.99. The minimum Gasteiger partial charge on any atom is -0.444 e. The zero-order valence-corrected chi connectivity index (χ0v) is 18.7. The molecule has 2 aromatic rings. The molecule has 1 aliphatic carbocycles. The normalized spacial score (nSPS) is 24.2. The quantitative estimate of drug-likeness (QED) is 0.600. The van der Waals surface area contributed by atoms with Gasteiger partial charge >= 0.3 is 6.09 Å². The van der Waals surface area contributed by atoms with E-state index in [9.17, 15) is 18.4 Å². The summed E-state index contributed by atoms with van der Waals surface area (Å²) in [5, 5.41) is 0. The van der Waals surface area contributed by atoms with Gasteiger partial charge in [0.2, 0.25) is 0 Å². The fraction of sp³-hybridized carbons (Fsp3) is 0.462. The Bertz CT molecular complexity index is 1020. The Morgan fingerprint density at radius 3 is 2.53 bits per heavy atom. The van der Waals surface area contributed by atoms with Crippen LogP contribution in [-0.4, -0.2) is 35.0 Å². The van der Waals surface area contributed by atoms with E-state index in [4.69, 9.17) is 4.74 Å². The fourth-order valence-electron chi connectivity index (χ4n) is 4.97. The van der Waals surface area contributed by atoms with Crippen LogP contribution in [0.25, 0.3) is 0 Å². The van der Waals surface area contributed by atoms with Crippen LogP contribution >= 0.6 is 0 Å². The van der Waals surface area contributed by atoms with E-state index in [2.05, 4.69) is 0 Å². The van der Waals surface area contributed by atoms with E-state index >= 15 is 0 Å². The summed E-state index contributed by atoms with van der Waals surface area (Å²) >= 11 is 0. The SMILES string of the molecule is CC(C)(C)OC(=O)N1C[C@@]2(c3cc(F)ccc3F)C[C@H]2C1CC(=O)CCc1ccccc1. The monoisotopic (exact) mass is 441 g/mol. The first-order valence-electron chi connectivity index (χ1n) is 11.1. The largest absolute Gasteiger partial charge is 0.444 e. The van der Waals surface area contributed by atoms with Crippen molar-refractivity contribution in [2.75, 3.05) is 6.54 Å². The van der Waals surface area contributed by atoms with Crippen molar-refractivity contribution in [3.8, 4) is 0 Å². The van der Waals surface area contributed by atoms with Crippen molar-refractivity contribution in [2.24, 2.45) is 5.92 Å². The number of aryl methyl sites for hydroxylation is 1. The van der Waals surface area contributed by atoms with E-state index in [1.807, 2.05) is 30.3 Å². The van der Waals surface area contributed by atoms with Crippen LogP contribution in [0.2, 0.25) is 0 Å². The molecule has 1 saturated heterocycles. The van der Waals surface area contributed by atoms with Crippen molar-refractivity contribution in [1.29, 1.82) is 0 Å². The summed E-state index contributed by atoms with van der Waals surface area (Å²) in [6, 6.07) is 12.8. The molecule has 3 atom stereocenters. The molecule has 6 heteroatoms. The number of hydrogen-bond acceptors (Lipinski definition) is 3. The van der Waals surface area contributed by atoms with Crippen molar-refractivity contribution in [1.82, 2.24) is 4.90 Å². The molecule has 2 fully saturated rings. The zero-order valence-electron chi connectivity index (χ0n) is 18.7. The second kappa shape index (κ2) is 8.30. The molecule has 1 aliphatic heterocycles. The maximum absolute atomic E-state index is 14.6. The molecular formula is C26H29F2NO3. The van der Waals surface area contributed by atoms with Gasteiger partial charge in [-0.2, -0.15) is 0 Å². The third-order valence-electron chi connectivity index (χ3n) is 6.52. The molecule has 1 saturated carbocycles.